The fraction of sp³-hybridized carbons (Fsp3) is 0.357. The van der Waals surface area contributed by atoms with E-state index in [0.29, 0.717) is 6.61 Å². The van der Waals surface area contributed by atoms with Crippen LogP contribution < -0.4 is 0 Å². The van der Waals surface area contributed by atoms with E-state index in [1.807, 2.05) is 24.3 Å². The maximum atomic E-state index is 11.9. The van der Waals surface area contributed by atoms with E-state index in [4.69, 9.17) is 4.74 Å². The zero-order chi connectivity index (χ0) is 12.5. The second-order valence-electron chi connectivity index (χ2n) is 4.60. The molecule has 1 aromatic rings. The summed E-state index contributed by atoms with van der Waals surface area (Å²) < 4.78 is 6.22. The third-order valence-corrected chi connectivity index (χ3v) is 3.98. The highest BCUT2D eigenvalue weighted by Crippen LogP contribution is 2.31. The molecule has 1 fully saturated rings. The van der Waals surface area contributed by atoms with Gasteiger partial charge in [0.05, 0.1) is 11.3 Å². The lowest BCUT2D eigenvalue weighted by atomic mass is 10.0. The van der Waals surface area contributed by atoms with Gasteiger partial charge in [0, 0.05) is 17.6 Å². The molecule has 0 N–H and O–H groups in total. The lowest BCUT2D eigenvalue weighted by Gasteiger charge is -2.18. The van der Waals surface area contributed by atoms with Crippen molar-refractivity contribution in [3.8, 4) is 0 Å². The Kier molecular flexibility index (Phi) is 3.12. The minimum Gasteiger partial charge on any atom is -0.456 e. The molecule has 2 aliphatic heterocycles. The third-order valence-electron chi connectivity index (χ3n) is 3.45. The largest absolute Gasteiger partial charge is 0.456 e. The van der Waals surface area contributed by atoms with E-state index in [1.165, 1.54) is 12.8 Å². The smallest absolute Gasteiger partial charge is 0.341 e. The number of carbonyl (C=O) groups excluding carboxylic acids is 1. The van der Waals surface area contributed by atoms with E-state index in [0.717, 1.165) is 34.4 Å². The summed E-state index contributed by atoms with van der Waals surface area (Å²) in [6, 6.07) is 7.83. The van der Waals surface area contributed by atoms with Crippen LogP contribution in [-0.4, -0.2) is 30.6 Å². The van der Waals surface area contributed by atoms with Gasteiger partial charge in [-0.25, -0.2) is 4.79 Å². The van der Waals surface area contributed by atoms with Crippen LogP contribution in [0.4, 0.5) is 0 Å². The van der Waals surface area contributed by atoms with Crippen LogP contribution in [0, 0.1) is 0 Å². The maximum Gasteiger partial charge on any atom is 0.341 e. The Morgan fingerprint density at radius 1 is 1.11 bits per heavy atom. The molecule has 18 heavy (non-hydrogen) atoms. The van der Waals surface area contributed by atoms with Crippen LogP contribution in [0.25, 0.3) is 5.57 Å². The Hall–Kier alpha value is -1.29. The summed E-state index contributed by atoms with van der Waals surface area (Å²) in [5.41, 5.74) is 2.74. The van der Waals surface area contributed by atoms with Crippen molar-refractivity contribution in [1.29, 1.82) is 0 Å². The zero-order valence-electron chi connectivity index (χ0n) is 9.99. The quantitative estimate of drug-likeness (QED) is 0.787. The van der Waals surface area contributed by atoms with E-state index in [-0.39, 0.29) is 5.97 Å². The first-order chi connectivity index (χ1) is 8.75. The molecule has 3 rings (SSSR count). The molecule has 2 heterocycles. The normalized spacial score (nSPS) is 19.6. The molecule has 94 valence electrons. The summed E-state index contributed by atoms with van der Waals surface area (Å²) in [6.07, 6.45) is 2.40. The standard InChI is InChI=1S/C14H14BrNO2/c15-11-5-3-10(4-6-11)13-12(9-18-14(13)17)16-7-1-2-8-16/h3-6H,1-2,7-9H2. The summed E-state index contributed by atoms with van der Waals surface area (Å²) in [5.74, 6) is -0.195. The summed E-state index contributed by atoms with van der Waals surface area (Å²) in [4.78, 5) is 14.2. The van der Waals surface area contributed by atoms with Gasteiger partial charge in [0.25, 0.3) is 0 Å². The molecule has 2 aliphatic rings. The minimum atomic E-state index is -0.195. The molecule has 3 nitrogen and oxygen atoms in total. The predicted octanol–water partition coefficient (Wildman–Crippen LogP) is 2.81. The Balaban J connectivity index is 2.01. The fourth-order valence-corrected chi connectivity index (χ4v) is 2.80. The third kappa shape index (κ3) is 2.05. The van der Waals surface area contributed by atoms with E-state index in [9.17, 15) is 4.79 Å². The summed E-state index contributed by atoms with van der Waals surface area (Å²) in [7, 11) is 0. The Morgan fingerprint density at radius 3 is 2.44 bits per heavy atom. The highest BCUT2D eigenvalue weighted by molar-refractivity contribution is 9.10. The molecular weight excluding hydrogens is 294 g/mol. The number of nitrogens with zero attached hydrogens (tertiary/aromatic N) is 1. The number of hydrogen-bond acceptors (Lipinski definition) is 3. The van der Waals surface area contributed by atoms with Crippen LogP contribution in [0.1, 0.15) is 18.4 Å². The van der Waals surface area contributed by atoms with Crippen molar-refractivity contribution in [2.75, 3.05) is 19.7 Å². The SMILES string of the molecule is O=C1OCC(N2CCCC2)=C1c1ccc(Br)cc1. The molecule has 1 saturated heterocycles. The van der Waals surface area contributed by atoms with Gasteiger partial charge in [0.15, 0.2) is 0 Å². The molecule has 4 heteroatoms. The number of likely N-dealkylation sites (tertiary alicyclic amines) is 1. The monoisotopic (exact) mass is 307 g/mol. The molecule has 0 aromatic heterocycles. The molecule has 0 saturated carbocycles. The lowest BCUT2D eigenvalue weighted by molar-refractivity contribution is -0.134. The number of halogens is 1. The molecule has 1 aromatic carbocycles. The van der Waals surface area contributed by atoms with Gasteiger partial charge in [-0.05, 0) is 30.5 Å². The van der Waals surface area contributed by atoms with E-state index >= 15 is 0 Å². The van der Waals surface area contributed by atoms with Gasteiger partial charge in [-0.1, -0.05) is 28.1 Å². The van der Waals surface area contributed by atoms with Gasteiger partial charge in [-0.2, -0.15) is 0 Å². The molecule has 0 amide bonds. The van der Waals surface area contributed by atoms with Crippen LogP contribution in [0.3, 0.4) is 0 Å². The predicted molar refractivity (Wildman–Crippen MR) is 72.8 cm³/mol. The summed E-state index contributed by atoms with van der Waals surface area (Å²) in [6.45, 7) is 2.49. The number of ether oxygens (including phenoxy) is 1. The number of hydrogen-bond donors (Lipinski definition) is 0. The minimum absolute atomic E-state index is 0.195. The molecule has 0 spiro atoms. The van der Waals surface area contributed by atoms with Gasteiger partial charge in [-0.3, -0.25) is 0 Å². The first-order valence-corrected chi connectivity index (χ1v) is 6.96. The Morgan fingerprint density at radius 2 is 1.78 bits per heavy atom. The number of rotatable bonds is 2. The summed E-state index contributed by atoms with van der Waals surface area (Å²) >= 11 is 3.41. The fourth-order valence-electron chi connectivity index (χ4n) is 2.53. The van der Waals surface area contributed by atoms with Crippen LogP contribution in [0.2, 0.25) is 0 Å². The first-order valence-electron chi connectivity index (χ1n) is 6.17. The van der Waals surface area contributed by atoms with Gasteiger partial charge >= 0.3 is 5.97 Å². The van der Waals surface area contributed by atoms with Crippen molar-refractivity contribution in [2.24, 2.45) is 0 Å². The van der Waals surface area contributed by atoms with Crippen LogP contribution in [0.5, 0.6) is 0 Å². The van der Waals surface area contributed by atoms with Gasteiger partial charge in [-0.15, -0.1) is 0 Å². The average molecular weight is 308 g/mol. The molecule has 0 unspecified atom stereocenters. The number of benzene rings is 1. The highest BCUT2D eigenvalue weighted by atomic mass is 79.9. The lowest BCUT2D eigenvalue weighted by Crippen LogP contribution is -2.20. The highest BCUT2D eigenvalue weighted by Gasteiger charge is 2.30. The number of cyclic esters (lactones) is 1. The van der Waals surface area contributed by atoms with Gasteiger partial charge in [0.1, 0.15) is 6.61 Å². The number of carbonyl (C=O) groups is 1. The van der Waals surface area contributed by atoms with Crippen LogP contribution in [0.15, 0.2) is 34.4 Å². The maximum absolute atomic E-state index is 11.9. The van der Waals surface area contributed by atoms with Crippen molar-refractivity contribution >= 4 is 27.5 Å². The van der Waals surface area contributed by atoms with Crippen LogP contribution >= 0.6 is 15.9 Å². The van der Waals surface area contributed by atoms with Crippen molar-refractivity contribution in [3.63, 3.8) is 0 Å². The molecule has 0 atom stereocenters. The second-order valence-corrected chi connectivity index (χ2v) is 5.51. The van der Waals surface area contributed by atoms with Crippen molar-refractivity contribution < 1.29 is 9.53 Å². The van der Waals surface area contributed by atoms with Gasteiger partial charge in [0.2, 0.25) is 0 Å². The van der Waals surface area contributed by atoms with E-state index in [1.54, 1.807) is 0 Å². The molecule has 0 radical (unpaired) electrons. The van der Waals surface area contributed by atoms with Crippen molar-refractivity contribution in [1.82, 2.24) is 4.90 Å². The zero-order valence-corrected chi connectivity index (χ0v) is 11.6. The Bertz CT molecular complexity index is 501. The van der Waals surface area contributed by atoms with Crippen molar-refractivity contribution in [3.05, 3.63) is 40.0 Å². The van der Waals surface area contributed by atoms with Crippen LogP contribution in [-0.2, 0) is 9.53 Å². The van der Waals surface area contributed by atoms with Crippen molar-refractivity contribution in [2.45, 2.75) is 12.8 Å². The first kappa shape index (κ1) is 11.8. The average Bonchev–Trinajstić information content (AvgIpc) is 2.99. The second kappa shape index (κ2) is 4.76. The van der Waals surface area contributed by atoms with E-state index in [2.05, 4.69) is 20.8 Å². The molecule has 0 aliphatic carbocycles. The van der Waals surface area contributed by atoms with Gasteiger partial charge < -0.3 is 9.64 Å². The molecular formula is C14H14BrNO2. The Labute approximate surface area is 115 Å². The topological polar surface area (TPSA) is 29.5 Å². The molecule has 0 bridgehead atoms. The van der Waals surface area contributed by atoms with E-state index < -0.39 is 0 Å². The summed E-state index contributed by atoms with van der Waals surface area (Å²) in [5, 5.41) is 0. The number of esters is 1.